The molecular weight excluding hydrogens is 286 g/mol. The van der Waals surface area contributed by atoms with Gasteiger partial charge in [0.1, 0.15) is 6.04 Å². The third kappa shape index (κ3) is 3.54. The summed E-state index contributed by atoms with van der Waals surface area (Å²) in [6.45, 7) is 2.64. The minimum Gasteiger partial charge on any atom is -0.504 e. The smallest absolute Gasteiger partial charge is 0.410 e. The van der Waals surface area contributed by atoms with Crippen LogP contribution in [0.4, 0.5) is 4.79 Å². The van der Waals surface area contributed by atoms with Gasteiger partial charge in [-0.1, -0.05) is 0 Å². The number of ether oxygens (including phenoxy) is 3. The van der Waals surface area contributed by atoms with Crippen LogP contribution in [0.25, 0.3) is 0 Å². The molecule has 1 heterocycles. The topological polar surface area (TPSA) is 65.1 Å². The van der Waals surface area contributed by atoms with Crippen molar-refractivity contribution in [2.45, 2.75) is 38.6 Å². The Morgan fingerprint density at radius 1 is 1.32 bits per heavy atom. The molecule has 0 unspecified atom stereocenters. The molecule has 0 radical (unpaired) electrons. The third-order valence-electron chi connectivity index (χ3n) is 4.61. The molecule has 1 saturated carbocycles. The van der Waals surface area contributed by atoms with Crippen LogP contribution < -0.4 is 0 Å². The number of carbonyl (C=O) groups is 2. The van der Waals surface area contributed by atoms with Gasteiger partial charge in [-0.05, 0) is 50.0 Å². The number of nitrogens with zero attached hydrogens (tertiary/aromatic N) is 1. The van der Waals surface area contributed by atoms with Crippen molar-refractivity contribution in [2.24, 2.45) is 11.8 Å². The molecule has 0 aromatic carbocycles. The fourth-order valence-corrected chi connectivity index (χ4v) is 3.58. The fraction of sp³-hybridized carbons (Fsp3) is 0.750. The summed E-state index contributed by atoms with van der Waals surface area (Å²) in [5.41, 5.74) is 1.28. The predicted octanol–water partition coefficient (Wildman–Crippen LogP) is 2.34. The van der Waals surface area contributed by atoms with Crippen molar-refractivity contribution in [2.75, 3.05) is 27.4 Å². The van der Waals surface area contributed by atoms with Gasteiger partial charge < -0.3 is 14.2 Å². The first-order valence-electron chi connectivity index (χ1n) is 7.82. The molecule has 2 aliphatic rings. The Morgan fingerprint density at radius 2 is 2.09 bits per heavy atom. The van der Waals surface area contributed by atoms with E-state index in [0.29, 0.717) is 31.4 Å². The maximum atomic E-state index is 12.2. The number of amides is 1. The van der Waals surface area contributed by atoms with Crippen molar-refractivity contribution < 1.29 is 23.8 Å². The number of likely N-dealkylation sites (tertiary alicyclic amines) is 1. The Labute approximate surface area is 131 Å². The number of rotatable bonds is 3. The van der Waals surface area contributed by atoms with Crippen molar-refractivity contribution in [1.82, 2.24) is 4.90 Å². The molecule has 2 fully saturated rings. The lowest BCUT2D eigenvalue weighted by molar-refractivity contribution is -0.152. The molecule has 0 spiro atoms. The molecule has 0 N–H and O–H groups in total. The monoisotopic (exact) mass is 311 g/mol. The fourth-order valence-electron chi connectivity index (χ4n) is 3.58. The molecule has 1 aliphatic carbocycles. The number of hydrogen-bond donors (Lipinski definition) is 0. The van der Waals surface area contributed by atoms with Crippen LogP contribution in [0, 0.1) is 11.8 Å². The lowest BCUT2D eigenvalue weighted by Crippen LogP contribution is -2.54. The molecule has 1 saturated heterocycles. The van der Waals surface area contributed by atoms with E-state index in [-0.39, 0.29) is 5.97 Å². The standard InChI is InChI=1S/C16H25NO5/c1-4-22-15(18)14-8-13-7-11(10-20-2)5-6-12(13)9-17(14)16(19)21-3/h10,12-14H,4-9H2,1-3H3/b11-10+/t12-,13+,14+/m0/s1. The van der Waals surface area contributed by atoms with Crippen LogP contribution in [-0.2, 0) is 19.0 Å². The first kappa shape index (κ1) is 16.6. The van der Waals surface area contributed by atoms with Crippen LogP contribution in [0.3, 0.4) is 0 Å². The van der Waals surface area contributed by atoms with Gasteiger partial charge in [0.05, 0.1) is 27.1 Å². The van der Waals surface area contributed by atoms with Gasteiger partial charge in [-0.25, -0.2) is 9.59 Å². The molecular formula is C16H25NO5. The number of piperidine rings is 1. The Hall–Kier alpha value is -1.72. The van der Waals surface area contributed by atoms with Gasteiger partial charge >= 0.3 is 12.1 Å². The zero-order valence-corrected chi connectivity index (χ0v) is 13.5. The molecule has 2 rings (SSSR count). The molecule has 0 aromatic heterocycles. The molecule has 22 heavy (non-hydrogen) atoms. The van der Waals surface area contributed by atoms with E-state index in [1.807, 2.05) is 6.26 Å². The minimum atomic E-state index is -0.546. The second kappa shape index (κ2) is 7.51. The summed E-state index contributed by atoms with van der Waals surface area (Å²) in [6.07, 6.45) is 4.89. The number of hydrogen-bond acceptors (Lipinski definition) is 5. The van der Waals surface area contributed by atoms with Crippen LogP contribution in [-0.4, -0.2) is 50.4 Å². The maximum Gasteiger partial charge on any atom is 0.410 e. The summed E-state index contributed by atoms with van der Waals surface area (Å²) < 4.78 is 15.1. The van der Waals surface area contributed by atoms with Crippen molar-refractivity contribution in [3.8, 4) is 0 Å². The number of fused-ring (bicyclic) bond motifs is 1. The van der Waals surface area contributed by atoms with Crippen molar-refractivity contribution in [3.05, 3.63) is 11.8 Å². The highest BCUT2D eigenvalue weighted by Crippen LogP contribution is 2.41. The maximum absolute atomic E-state index is 12.2. The lowest BCUT2D eigenvalue weighted by atomic mass is 9.71. The van der Waals surface area contributed by atoms with Crippen LogP contribution in [0.2, 0.25) is 0 Å². The number of esters is 1. The van der Waals surface area contributed by atoms with E-state index < -0.39 is 12.1 Å². The molecule has 1 amide bonds. The second-order valence-electron chi connectivity index (χ2n) is 5.90. The van der Waals surface area contributed by atoms with E-state index in [1.54, 1.807) is 14.0 Å². The number of carbonyl (C=O) groups excluding carboxylic acids is 2. The summed E-state index contributed by atoms with van der Waals surface area (Å²) in [5, 5.41) is 0. The van der Waals surface area contributed by atoms with Crippen LogP contribution >= 0.6 is 0 Å². The number of methoxy groups -OCH3 is 2. The molecule has 6 nitrogen and oxygen atoms in total. The van der Waals surface area contributed by atoms with Crippen molar-refractivity contribution in [3.63, 3.8) is 0 Å². The molecule has 6 heteroatoms. The predicted molar refractivity (Wildman–Crippen MR) is 80.1 cm³/mol. The summed E-state index contributed by atoms with van der Waals surface area (Å²) in [5.74, 6) is 0.443. The van der Waals surface area contributed by atoms with Gasteiger partial charge in [-0.2, -0.15) is 0 Å². The van der Waals surface area contributed by atoms with Crippen LogP contribution in [0.1, 0.15) is 32.6 Å². The summed E-state index contributed by atoms with van der Waals surface area (Å²) in [4.78, 5) is 25.7. The van der Waals surface area contributed by atoms with Gasteiger partial charge in [0.2, 0.25) is 0 Å². The van der Waals surface area contributed by atoms with E-state index in [0.717, 1.165) is 19.3 Å². The average Bonchev–Trinajstić information content (AvgIpc) is 2.53. The molecule has 0 aromatic rings. The zero-order valence-electron chi connectivity index (χ0n) is 13.5. The van der Waals surface area contributed by atoms with Crippen molar-refractivity contribution in [1.29, 1.82) is 0 Å². The SMILES string of the molecule is CCOC(=O)[C@H]1C[C@H]2C/C(=C/OC)CC[C@H]2CN1C(=O)OC. The van der Waals surface area contributed by atoms with Gasteiger partial charge in [-0.15, -0.1) is 0 Å². The van der Waals surface area contributed by atoms with E-state index in [2.05, 4.69) is 0 Å². The Morgan fingerprint density at radius 3 is 2.73 bits per heavy atom. The van der Waals surface area contributed by atoms with Gasteiger partial charge in [-0.3, -0.25) is 4.90 Å². The summed E-state index contributed by atoms with van der Waals surface area (Å²) in [7, 11) is 3.00. The highest BCUT2D eigenvalue weighted by molar-refractivity contribution is 5.81. The second-order valence-corrected chi connectivity index (χ2v) is 5.90. The molecule has 0 bridgehead atoms. The highest BCUT2D eigenvalue weighted by atomic mass is 16.6. The van der Waals surface area contributed by atoms with E-state index in [9.17, 15) is 9.59 Å². The van der Waals surface area contributed by atoms with Gasteiger partial charge in [0.25, 0.3) is 0 Å². The van der Waals surface area contributed by atoms with Crippen molar-refractivity contribution >= 4 is 12.1 Å². The van der Waals surface area contributed by atoms with Crippen LogP contribution in [0.5, 0.6) is 0 Å². The first-order valence-corrected chi connectivity index (χ1v) is 7.82. The average molecular weight is 311 g/mol. The van der Waals surface area contributed by atoms with Gasteiger partial charge in [0.15, 0.2) is 0 Å². The third-order valence-corrected chi connectivity index (χ3v) is 4.61. The normalized spacial score (nSPS) is 29.7. The zero-order chi connectivity index (χ0) is 16.1. The highest BCUT2D eigenvalue weighted by Gasteiger charge is 2.43. The van der Waals surface area contributed by atoms with E-state index in [1.165, 1.54) is 17.6 Å². The molecule has 3 atom stereocenters. The Balaban J connectivity index is 2.14. The summed E-state index contributed by atoms with van der Waals surface area (Å²) in [6, 6.07) is -0.546. The van der Waals surface area contributed by atoms with E-state index >= 15 is 0 Å². The summed E-state index contributed by atoms with van der Waals surface area (Å²) >= 11 is 0. The Bertz CT molecular complexity index is 448. The quantitative estimate of drug-likeness (QED) is 0.591. The number of allylic oxidation sites excluding steroid dienone is 1. The largest absolute Gasteiger partial charge is 0.504 e. The minimum absolute atomic E-state index is 0.313. The molecule has 124 valence electrons. The molecule has 1 aliphatic heterocycles. The first-order chi connectivity index (χ1) is 10.6. The van der Waals surface area contributed by atoms with Gasteiger partial charge in [0, 0.05) is 6.54 Å². The van der Waals surface area contributed by atoms with Crippen LogP contribution in [0.15, 0.2) is 11.8 Å². The van der Waals surface area contributed by atoms with E-state index in [4.69, 9.17) is 14.2 Å². The Kier molecular flexibility index (Phi) is 5.69. The lowest BCUT2D eigenvalue weighted by Gasteiger charge is -2.44.